The number of nitriles is 1. The van der Waals surface area contributed by atoms with Crippen molar-refractivity contribution in [3.05, 3.63) is 0 Å². The van der Waals surface area contributed by atoms with Gasteiger partial charge >= 0.3 is 6.09 Å². The fraction of sp³-hybridized carbons (Fsp3) is 0.857. The maximum Gasteiger partial charge on any atom is 0.411 e. The van der Waals surface area contributed by atoms with Crippen LogP contribution in [0.4, 0.5) is 4.79 Å². The van der Waals surface area contributed by atoms with Crippen molar-refractivity contribution in [1.82, 2.24) is 20.4 Å². The predicted molar refractivity (Wildman–Crippen MR) is 147 cm³/mol. The Balaban J connectivity index is 1.87. The molecule has 1 unspecified atom stereocenters. The Morgan fingerprint density at radius 3 is 2.24 bits per heavy atom. The summed E-state index contributed by atoms with van der Waals surface area (Å²) in [7, 11) is 0. The second-order valence-electron chi connectivity index (χ2n) is 13.0. The summed E-state index contributed by atoms with van der Waals surface area (Å²) in [5, 5.41) is 25.2. The van der Waals surface area contributed by atoms with Crippen LogP contribution in [0.3, 0.4) is 0 Å². The molecular formula is C28H48N6O4. The molecular weight excluding hydrogens is 484 g/mol. The lowest BCUT2D eigenvalue weighted by Gasteiger charge is -2.45. The Hall–Kier alpha value is -2.38. The molecule has 0 bridgehead atoms. The summed E-state index contributed by atoms with van der Waals surface area (Å²) in [6, 6.07) is 1.60. The summed E-state index contributed by atoms with van der Waals surface area (Å²) >= 11 is 0. The maximum atomic E-state index is 13.9. The van der Waals surface area contributed by atoms with Crippen LogP contribution in [-0.4, -0.2) is 90.4 Å². The summed E-state index contributed by atoms with van der Waals surface area (Å²) in [4.78, 5) is 34.5. The fourth-order valence-electron chi connectivity index (χ4n) is 7.05. The number of guanidine groups is 1. The maximum absolute atomic E-state index is 13.9. The molecule has 2 heterocycles. The average molecular weight is 533 g/mol. The van der Waals surface area contributed by atoms with Crippen LogP contribution in [-0.2, 0) is 9.53 Å². The molecule has 2 saturated heterocycles. The van der Waals surface area contributed by atoms with Crippen LogP contribution in [0.15, 0.2) is 4.99 Å². The third-order valence-electron chi connectivity index (χ3n) is 8.13. The van der Waals surface area contributed by atoms with Crippen LogP contribution in [0.5, 0.6) is 0 Å². The fourth-order valence-corrected chi connectivity index (χ4v) is 7.05. The zero-order valence-electron chi connectivity index (χ0n) is 24.0. The number of carbonyl (C=O) groups excluding carboxylic acids is 1. The monoisotopic (exact) mass is 532 g/mol. The van der Waals surface area contributed by atoms with Crippen LogP contribution in [0.25, 0.3) is 0 Å². The minimum Gasteiger partial charge on any atom is -0.465 e. The number of rotatable bonds is 7. The minimum absolute atomic E-state index is 0.142. The highest BCUT2D eigenvalue weighted by molar-refractivity contribution is 5.95. The molecule has 10 heteroatoms. The van der Waals surface area contributed by atoms with E-state index in [-0.39, 0.29) is 28.6 Å². The van der Waals surface area contributed by atoms with Crippen molar-refractivity contribution in [2.45, 2.75) is 91.1 Å². The summed E-state index contributed by atoms with van der Waals surface area (Å²) in [6.07, 6.45) is 4.55. The van der Waals surface area contributed by atoms with E-state index >= 15 is 0 Å². The summed E-state index contributed by atoms with van der Waals surface area (Å²) in [5.41, 5.74) is -0.646. The van der Waals surface area contributed by atoms with Crippen molar-refractivity contribution >= 4 is 18.0 Å². The highest BCUT2D eigenvalue weighted by atomic mass is 16.5. The van der Waals surface area contributed by atoms with Crippen molar-refractivity contribution < 1.29 is 19.4 Å². The third kappa shape index (κ3) is 8.57. The topological polar surface area (TPSA) is 130 Å². The Kier molecular flexibility index (Phi) is 10.0. The minimum atomic E-state index is -1.22. The van der Waals surface area contributed by atoms with Gasteiger partial charge in [0.1, 0.15) is 11.6 Å². The molecule has 3 rings (SSSR count). The Labute approximate surface area is 228 Å². The van der Waals surface area contributed by atoms with Crippen LogP contribution < -0.4 is 10.6 Å². The number of amides is 2. The summed E-state index contributed by atoms with van der Waals surface area (Å²) in [5.74, 6) is 0.141. The molecule has 1 atom stereocenters. The molecule has 214 valence electrons. The van der Waals surface area contributed by atoms with Crippen molar-refractivity contribution in [2.24, 2.45) is 21.7 Å². The van der Waals surface area contributed by atoms with E-state index in [0.29, 0.717) is 45.6 Å². The van der Waals surface area contributed by atoms with Gasteiger partial charge in [0.2, 0.25) is 11.9 Å². The molecule has 1 aliphatic carbocycles. The third-order valence-corrected chi connectivity index (χ3v) is 8.13. The molecule has 0 aromatic heterocycles. The number of piperidine rings is 1. The second-order valence-corrected chi connectivity index (χ2v) is 13.0. The molecule has 3 fully saturated rings. The van der Waals surface area contributed by atoms with E-state index in [4.69, 9.17) is 9.73 Å². The number of hydrogen-bond donors (Lipinski definition) is 3. The standard InChI is InChI=1S/C28H48N6O4/c1-6-9-33-10-7-28(20-29,8-11-33)32-23(35)22(16-21-17-26(2,3)19-27(4,5)18-21)30-24(31-25(36)37)34-12-14-38-15-13-34/h21-22H,6-19H2,1-5H3,(H,30,31)(H,32,35)(H,36,37). The number of likely N-dealkylation sites (tertiary alicyclic amines) is 1. The first-order chi connectivity index (χ1) is 17.9. The van der Waals surface area contributed by atoms with Gasteiger partial charge in [-0.05, 0) is 68.2 Å². The van der Waals surface area contributed by atoms with E-state index < -0.39 is 17.7 Å². The van der Waals surface area contributed by atoms with Crippen LogP contribution in [0.1, 0.15) is 79.6 Å². The number of carbonyl (C=O) groups is 2. The molecule has 2 aliphatic heterocycles. The number of carboxylic acid groups (broad SMARTS) is 1. The average Bonchev–Trinajstić information content (AvgIpc) is 2.83. The normalized spacial score (nSPS) is 24.7. The molecule has 10 nitrogen and oxygen atoms in total. The quantitative estimate of drug-likeness (QED) is 0.338. The zero-order chi connectivity index (χ0) is 28.0. The Bertz CT molecular complexity index is 882. The van der Waals surface area contributed by atoms with Gasteiger partial charge in [0, 0.05) is 26.2 Å². The van der Waals surface area contributed by atoms with E-state index in [0.717, 1.165) is 45.3 Å². The van der Waals surface area contributed by atoms with Gasteiger partial charge in [-0.3, -0.25) is 10.1 Å². The SMILES string of the molecule is CCCN1CCC(C#N)(NC(=O)C(CC2CC(C)(C)CC(C)(C)C2)N=C(NC(=O)O)N2CCOCC2)CC1. The lowest BCUT2D eigenvalue weighted by atomic mass is 9.60. The number of hydrogen-bond acceptors (Lipinski definition) is 6. The molecule has 0 aromatic rings. The Morgan fingerprint density at radius 1 is 1.11 bits per heavy atom. The van der Waals surface area contributed by atoms with E-state index in [2.05, 4.69) is 56.2 Å². The molecule has 2 amide bonds. The van der Waals surface area contributed by atoms with Gasteiger partial charge in [-0.15, -0.1) is 0 Å². The first-order valence-electron chi connectivity index (χ1n) is 14.2. The Morgan fingerprint density at radius 2 is 1.71 bits per heavy atom. The van der Waals surface area contributed by atoms with E-state index in [1.165, 1.54) is 0 Å². The molecule has 3 N–H and O–H groups in total. The summed E-state index contributed by atoms with van der Waals surface area (Å²) in [6.45, 7) is 15.7. The lowest BCUT2D eigenvalue weighted by Crippen LogP contribution is -2.57. The number of nitrogens with one attached hydrogen (secondary N) is 2. The number of morpholine rings is 1. The van der Waals surface area contributed by atoms with E-state index in [9.17, 15) is 20.0 Å². The van der Waals surface area contributed by atoms with Crippen molar-refractivity contribution in [3.8, 4) is 6.07 Å². The van der Waals surface area contributed by atoms with Gasteiger partial charge < -0.3 is 25.0 Å². The van der Waals surface area contributed by atoms with Gasteiger partial charge in [-0.2, -0.15) is 5.26 Å². The first-order valence-corrected chi connectivity index (χ1v) is 14.2. The van der Waals surface area contributed by atoms with Gasteiger partial charge in [0.25, 0.3) is 0 Å². The largest absolute Gasteiger partial charge is 0.465 e. The van der Waals surface area contributed by atoms with Crippen molar-refractivity contribution in [2.75, 3.05) is 45.9 Å². The van der Waals surface area contributed by atoms with Crippen molar-refractivity contribution in [3.63, 3.8) is 0 Å². The summed E-state index contributed by atoms with van der Waals surface area (Å²) < 4.78 is 5.44. The molecule has 0 radical (unpaired) electrons. The van der Waals surface area contributed by atoms with Crippen molar-refractivity contribution in [1.29, 1.82) is 5.26 Å². The number of aliphatic imine (C=N–C) groups is 1. The first kappa shape index (κ1) is 30.2. The highest BCUT2D eigenvalue weighted by Gasteiger charge is 2.42. The molecule has 0 spiro atoms. The van der Waals surface area contributed by atoms with E-state index in [1.807, 2.05) is 4.90 Å². The van der Waals surface area contributed by atoms with E-state index in [1.54, 1.807) is 0 Å². The van der Waals surface area contributed by atoms with Gasteiger partial charge in [0.05, 0.1) is 19.3 Å². The lowest BCUT2D eigenvalue weighted by molar-refractivity contribution is -0.124. The van der Waals surface area contributed by atoms with Crippen LogP contribution in [0, 0.1) is 28.1 Å². The predicted octanol–water partition coefficient (Wildman–Crippen LogP) is 3.44. The molecule has 1 saturated carbocycles. The molecule has 0 aromatic carbocycles. The molecule has 38 heavy (non-hydrogen) atoms. The van der Waals surface area contributed by atoms with Crippen LogP contribution in [0.2, 0.25) is 0 Å². The molecule has 3 aliphatic rings. The van der Waals surface area contributed by atoms with Crippen LogP contribution >= 0.6 is 0 Å². The second kappa shape index (κ2) is 12.6. The smallest absolute Gasteiger partial charge is 0.411 e. The van der Waals surface area contributed by atoms with Gasteiger partial charge in [0.15, 0.2) is 0 Å². The zero-order valence-corrected chi connectivity index (χ0v) is 24.0. The van der Waals surface area contributed by atoms with Gasteiger partial charge in [-0.25, -0.2) is 9.79 Å². The highest BCUT2D eigenvalue weighted by Crippen LogP contribution is 2.49. The number of nitrogens with zero attached hydrogens (tertiary/aromatic N) is 4. The number of ether oxygens (including phenoxy) is 1. The van der Waals surface area contributed by atoms with Gasteiger partial charge in [-0.1, -0.05) is 34.6 Å².